The molecule has 4 aromatic rings. The quantitative estimate of drug-likeness (QED) is 0.520. The highest BCUT2D eigenvalue weighted by Crippen LogP contribution is 2.24. The largest absolute Gasteiger partial charge is 0.291 e. The number of aryl methyl sites for hydroxylation is 1. The molecule has 0 fully saturated rings. The Kier molecular flexibility index (Phi) is 2.43. The van der Waals surface area contributed by atoms with Gasteiger partial charge in [-0.2, -0.15) is 0 Å². The standard InChI is InChI=1S/C19H16N2/c1-4-5-8-15-12(2)19-20-13(3)17-11-10-14-7-6-9-16(15)18(14)21(17)19/h4-11H,2H2,1,3H3/b5-4-,15-8+. The van der Waals surface area contributed by atoms with Gasteiger partial charge in [-0.25, -0.2) is 4.98 Å². The third-order valence-corrected chi connectivity index (χ3v) is 4.15. The van der Waals surface area contributed by atoms with Gasteiger partial charge < -0.3 is 0 Å². The van der Waals surface area contributed by atoms with E-state index in [4.69, 9.17) is 4.98 Å². The van der Waals surface area contributed by atoms with Crippen LogP contribution >= 0.6 is 0 Å². The van der Waals surface area contributed by atoms with E-state index in [1.54, 1.807) is 0 Å². The second-order valence-electron chi connectivity index (χ2n) is 5.40. The van der Waals surface area contributed by atoms with Gasteiger partial charge >= 0.3 is 0 Å². The van der Waals surface area contributed by atoms with Crippen LogP contribution in [-0.2, 0) is 0 Å². The minimum absolute atomic E-state index is 0.961. The van der Waals surface area contributed by atoms with E-state index in [0.717, 1.165) is 27.3 Å². The summed E-state index contributed by atoms with van der Waals surface area (Å²) >= 11 is 0. The number of para-hydroxylation sites is 1. The van der Waals surface area contributed by atoms with E-state index >= 15 is 0 Å². The molecule has 4 rings (SSSR count). The van der Waals surface area contributed by atoms with Gasteiger partial charge in [0.1, 0.15) is 5.65 Å². The van der Waals surface area contributed by atoms with Crippen LogP contribution in [0.2, 0.25) is 0 Å². The van der Waals surface area contributed by atoms with E-state index in [0.29, 0.717) is 0 Å². The lowest BCUT2D eigenvalue weighted by molar-refractivity contribution is 1.26. The number of nitrogens with zero attached hydrogens (tertiary/aromatic N) is 2. The predicted molar refractivity (Wildman–Crippen MR) is 90.2 cm³/mol. The molecule has 3 heterocycles. The molecular formula is C19H16N2. The lowest BCUT2D eigenvalue weighted by Crippen LogP contribution is -2.27. The maximum atomic E-state index is 4.74. The molecule has 0 aliphatic heterocycles. The topological polar surface area (TPSA) is 17.3 Å². The fourth-order valence-electron chi connectivity index (χ4n) is 3.16. The van der Waals surface area contributed by atoms with Crippen molar-refractivity contribution in [3.8, 4) is 0 Å². The van der Waals surface area contributed by atoms with Crippen LogP contribution in [-0.4, -0.2) is 9.38 Å². The molecule has 102 valence electrons. The first kappa shape index (κ1) is 12.2. The SMILES string of the molecule is C=c1/c(=C\C=C/C)c2cccc3ccc4c(C)nc1n4c32. The zero-order chi connectivity index (χ0) is 14.6. The summed E-state index contributed by atoms with van der Waals surface area (Å²) in [6.45, 7) is 8.37. The highest BCUT2D eigenvalue weighted by molar-refractivity contribution is 6.00. The van der Waals surface area contributed by atoms with E-state index in [-0.39, 0.29) is 0 Å². The van der Waals surface area contributed by atoms with E-state index < -0.39 is 0 Å². The number of rotatable bonds is 1. The van der Waals surface area contributed by atoms with E-state index in [1.807, 2.05) is 13.0 Å². The molecule has 3 aromatic heterocycles. The Bertz CT molecular complexity index is 1110. The van der Waals surface area contributed by atoms with Crippen LogP contribution in [0.5, 0.6) is 0 Å². The van der Waals surface area contributed by atoms with Gasteiger partial charge in [0.05, 0.1) is 16.7 Å². The number of hydrogen-bond donors (Lipinski definition) is 0. The maximum Gasteiger partial charge on any atom is 0.145 e. The molecule has 2 heteroatoms. The third-order valence-electron chi connectivity index (χ3n) is 4.15. The number of pyridine rings is 2. The summed E-state index contributed by atoms with van der Waals surface area (Å²) in [5.41, 5.74) is 4.41. The fourth-order valence-corrected chi connectivity index (χ4v) is 3.16. The van der Waals surface area contributed by atoms with Crippen LogP contribution in [0.3, 0.4) is 0 Å². The highest BCUT2D eigenvalue weighted by atomic mass is 15.0. The van der Waals surface area contributed by atoms with Crippen LogP contribution < -0.4 is 10.4 Å². The summed E-state index contributed by atoms with van der Waals surface area (Å²) in [7, 11) is 0. The number of benzene rings is 1. The van der Waals surface area contributed by atoms with Crippen molar-refractivity contribution >= 4 is 40.1 Å². The van der Waals surface area contributed by atoms with Gasteiger partial charge in [-0.15, -0.1) is 0 Å². The van der Waals surface area contributed by atoms with Gasteiger partial charge in [-0.1, -0.05) is 49.1 Å². The van der Waals surface area contributed by atoms with Crippen LogP contribution in [0, 0.1) is 6.92 Å². The Hall–Kier alpha value is -2.61. The molecule has 21 heavy (non-hydrogen) atoms. The summed E-state index contributed by atoms with van der Waals surface area (Å²) in [6.07, 6.45) is 6.22. The van der Waals surface area contributed by atoms with Crippen molar-refractivity contribution in [2.75, 3.05) is 0 Å². The van der Waals surface area contributed by atoms with Crippen LogP contribution in [0.15, 0.2) is 42.5 Å². The lowest BCUT2D eigenvalue weighted by Gasteiger charge is -2.09. The van der Waals surface area contributed by atoms with Crippen molar-refractivity contribution in [1.29, 1.82) is 0 Å². The molecular weight excluding hydrogens is 256 g/mol. The minimum Gasteiger partial charge on any atom is -0.291 e. The van der Waals surface area contributed by atoms with Crippen molar-refractivity contribution in [3.05, 3.63) is 58.6 Å². The van der Waals surface area contributed by atoms with Gasteiger partial charge in [0, 0.05) is 10.6 Å². The number of allylic oxidation sites excluding steroid dienone is 2. The highest BCUT2D eigenvalue weighted by Gasteiger charge is 2.13. The molecule has 0 amide bonds. The van der Waals surface area contributed by atoms with E-state index in [1.165, 1.54) is 16.3 Å². The molecule has 0 N–H and O–H groups in total. The lowest BCUT2D eigenvalue weighted by atomic mass is 10.1. The second-order valence-corrected chi connectivity index (χ2v) is 5.40. The number of imidazole rings is 1. The van der Waals surface area contributed by atoms with Crippen LogP contribution in [0.25, 0.3) is 40.1 Å². The summed E-state index contributed by atoms with van der Waals surface area (Å²) < 4.78 is 2.25. The Morgan fingerprint density at radius 2 is 2.05 bits per heavy atom. The van der Waals surface area contributed by atoms with Crippen molar-refractivity contribution in [2.45, 2.75) is 13.8 Å². The average molecular weight is 272 g/mol. The van der Waals surface area contributed by atoms with Crippen molar-refractivity contribution < 1.29 is 0 Å². The molecule has 0 unspecified atom stereocenters. The Morgan fingerprint density at radius 1 is 1.19 bits per heavy atom. The number of hydrogen-bond acceptors (Lipinski definition) is 1. The summed E-state index contributed by atoms with van der Waals surface area (Å²) in [5.74, 6) is 0. The zero-order valence-corrected chi connectivity index (χ0v) is 12.2. The number of aromatic nitrogens is 2. The summed E-state index contributed by atoms with van der Waals surface area (Å²) in [5, 5.41) is 4.61. The first-order valence-corrected chi connectivity index (χ1v) is 7.16. The monoisotopic (exact) mass is 272 g/mol. The molecule has 0 saturated heterocycles. The molecule has 0 atom stereocenters. The maximum absolute atomic E-state index is 4.74. The normalized spacial score (nSPS) is 13.5. The Balaban J connectivity index is 2.46. The van der Waals surface area contributed by atoms with E-state index in [2.05, 4.69) is 60.4 Å². The molecule has 0 spiro atoms. The van der Waals surface area contributed by atoms with Gasteiger partial charge in [0.25, 0.3) is 0 Å². The smallest absolute Gasteiger partial charge is 0.145 e. The molecule has 0 bridgehead atoms. The predicted octanol–water partition coefficient (Wildman–Crippen LogP) is 3.15. The van der Waals surface area contributed by atoms with Gasteiger partial charge in [0.15, 0.2) is 0 Å². The zero-order valence-electron chi connectivity index (χ0n) is 12.2. The third kappa shape index (κ3) is 1.50. The average Bonchev–Trinajstić information content (AvgIpc) is 2.84. The van der Waals surface area contributed by atoms with Crippen molar-refractivity contribution in [2.24, 2.45) is 0 Å². The molecule has 2 nitrogen and oxygen atoms in total. The molecule has 0 aliphatic carbocycles. The Labute approximate surface area is 122 Å². The first-order chi connectivity index (χ1) is 10.2. The summed E-state index contributed by atoms with van der Waals surface area (Å²) in [4.78, 5) is 4.74. The second kappa shape index (κ2) is 4.19. The molecule has 0 aliphatic rings. The molecule has 0 saturated carbocycles. The fraction of sp³-hybridized carbons (Fsp3) is 0.105. The van der Waals surface area contributed by atoms with E-state index in [9.17, 15) is 0 Å². The van der Waals surface area contributed by atoms with Gasteiger partial charge in [-0.3, -0.25) is 4.40 Å². The first-order valence-electron chi connectivity index (χ1n) is 7.16. The van der Waals surface area contributed by atoms with Gasteiger partial charge in [-0.05, 0) is 30.5 Å². The summed E-state index contributed by atoms with van der Waals surface area (Å²) in [6, 6.07) is 10.7. The minimum atomic E-state index is 0.961. The molecule has 0 radical (unpaired) electrons. The van der Waals surface area contributed by atoms with Crippen molar-refractivity contribution in [1.82, 2.24) is 9.38 Å². The Morgan fingerprint density at radius 3 is 2.86 bits per heavy atom. The van der Waals surface area contributed by atoms with Crippen LogP contribution in [0.4, 0.5) is 0 Å². The molecule has 1 aromatic carbocycles. The van der Waals surface area contributed by atoms with Gasteiger partial charge in [0.2, 0.25) is 0 Å². The van der Waals surface area contributed by atoms with Crippen molar-refractivity contribution in [3.63, 3.8) is 0 Å². The van der Waals surface area contributed by atoms with Crippen LogP contribution in [0.1, 0.15) is 12.6 Å².